The largest absolute Gasteiger partial charge is 0.309 e. The maximum atomic E-state index is 4.93. The van der Waals surface area contributed by atoms with Crippen molar-refractivity contribution < 1.29 is 0 Å². The Balaban J connectivity index is 1.31. The topological polar surface area (TPSA) is 38.9 Å². The number of benzene rings is 6. The number of para-hydroxylation sites is 5. The summed E-state index contributed by atoms with van der Waals surface area (Å²) in [6.07, 6.45) is 3.62. The van der Waals surface area contributed by atoms with E-state index in [9.17, 15) is 0 Å². The molecule has 0 amide bonds. The Kier molecular flexibility index (Phi) is 5.51. The molecule has 47 heavy (non-hydrogen) atoms. The van der Waals surface area contributed by atoms with Crippen LogP contribution in [0, 0.1) is 0 Å². The Hall–Kier alpha value is -6.46. The summed E-state index contributed by atoms with van der Waals surface area (Å²) in [5.41, 5.74) is 12.2. The third-order valence-electron chi connectivity index (χ3n) is 9.39. The van der Waals surface area contributed by atoms with Gasteiger partial charge >= 0.3 is 0 Å². The van der Waals surface area contributed by atoms with Crippen LogP contribution < -0.4 is 4.90 Å². The van der Waals surface area contributed by atoms with E-state index >= 15 is 0 Å². The minimum absolute atomic E-state index is 0.860. The van der Waals surface area contributed by atoms with Gasteiger partial charge in [0, 0.05) is 56.1 Å². The van der Waals surface area contributed by atoms with Crippen LogP contribution in [0.5, 0.6) is 0 Å². The third kappa shape index (κ3) is 3.71. The van der Waals surface area contributed by atoms with Crippen LogP contribution in [0.2, 0.25) is 0 Å². The molecular formula is C42H27N5. The van der Waals surface area contributed by atoms with E-state index in [0.717, 1.165) is 61.9 Å². The van der Waals surface area contributed by atoms with Gasteiger partial charge in [-0.05, 0) is 54.6 Å². The average molecular weight is 602 g/mol. The molecule has 0 bridgehead atoms. The first-order chi connectivity index (χ1) is 23.4. The van der Waals surface area contributed by atoms with Crippen molar-refractivity contribution in [3.63, 3.8) is 0 Å². The first-order valence-electron chi connectivity index (χ1n) is 15.8. The highest BCUT2D eigenvalue weighted by Crippen LogP contribution is 2.53. The van der Waals surface area contributed by atoms with Crippen molar-refractivity contribution >= 4 is 49.9 Å². The van der Waals surface area contributed by atoms with E-state index in [1.807, 2.05) is 6.20 Å². The fourth-order valence-corrected chi connectivity index (χ4v) is 7.51. The minimum Gasteiger partial charge on any atom is -0.309 e. The van der Waals surface area contributed by atoms with E-state index in [1.165, 1.54) is 21.8 Å². The molecule has 5 heteroatoms. The molecule has 1 aliphatic rings. The van der Waals surface area contributed by atoms with Crippen LogP contribution in [0.3, 0.4) is 0 Å². The number of hydrogen-bond acceptors (Lipinski definition) is 3. The quantitative estimate of drug-likeness (QED) is 0.202. The summed E-state index contributed by atoms with van der Waals surface area (Å²) in [4.78, 5) is 11.8. The van der Waals surface area contributed by atoms with Crippen LogP contribution in [-0.4, -0.2) is 19.1 Å². The molecular weight excluding hydrogens is 574 g/mol. The molecule has 1 aliphatic heterocycles. The molecule has 0 radical (unpaired) electrons. The predicted octanol–water partition coefficient (Wildman–Crippen LogP) is 10.6. The standard InChI is InChI=1S/C42H27N5/c1-2-13-28(14-3-1)47-39-24-11-7-20-34(39)41-40(35-26-43-27-44-42(35)47)33-19-6-10-23-38(33)46(41)30-16-12-15-29(25-30)45-36-21-8-4-17-31(36)32-18-5-9-22-37(32)45/h1-27H. The maximum absolute atomic E-state index is 4.93. The minimum atomic E-state index is 0.860. The summed E-state index contributed by atoms with van der Waals surface area (Å²) < 4.78 is 4.80. The summed E-state index contributed by atoms with van der Waals surface area (Å²) >= 11 is 0. The molecule has 220 valence electrons. The molecule has 0 N–H and O–H groups in total. The highest BCUT2D eigenvalue weighted by Gasteiger charge is 2.32. The molecule has 0 fully saturated rings. The average Bonchev–Trinajstić information content (AvgIpc) is 3.62. The predicted molar refractivity (Wildman–Crippen MR) is 192 cm³/mol. The highest BCUT2D eigenvalue weighted by atomic mass is 15.2. The second kappa shape index (κ2) is 10.0. The fraction of sp³-hybridized carbons (Fsp3) is 0. The lowest BCUT2D eigenvalue weighted by molar-refractivity contribution is 1.11. The van der Waals surface area contributed by atoms with Crippen molar-refractivity contribution in [1.29, 1.82) is 0 Å². The molecule has 5 nitrogen and oxygen atoms in total. The lowest BCUT2D eigenvalue weighted by Gasteiger charge is -2.26. The van der Waals surface area contributed by atoms with Crippen molar-refractivity contribution in [3.05, 3.63) is 164 Å². The number of nitrogens with zero attached hydrogens (tertiary/aromatic N) is 5. The van der Waals surface area contributed by atoms with E-state index in [1.54, 1.807) is 6.33 Å². The first kappa shape index (κ1) is 25.8. The number of rotatable bonds is 3. The van der Waals surface area contributed by atoms with Gasteiger partial charge < -0.3 is 9.13 Å². The molecule has 6 aromatic carbocycles. The number of anilines is 3. The van der Waals surface area contributed by atoms with E-state index in [4.69, 9.17) is 4.98 Å². The van der Waals surface area contributed by atoms with Gasteiger partial charge in [0.05, 0.1) is 27.9 Å². The number of fused-ring (bicyclic) bond motifs is 10. The third-order valence-corrected chi connectivity index (χ3v) is 9.39. The monoisotopic (exact) mass is 601 g/mol. The Morgan fingerprint density at radius 3 is 1.77 bits per heavy atom. The smallest absolute Gasteiger partial charge is 0.149 e. The van der Waals surface area contributed by atoms with Gasteiger partial charge in [-0.2, -0.15) is 0 Å². The normalized spacial score (nSPS) is 12.2. The number of hydrogen-bond donors (Lipinski definition) is 0. The zero-order valence-electron chi connectivity index (χ0n) is 25.3. The molecule has 3 aromatic heterocycles. The molecule has 0 aliphatic carbocycles. The van der Waals surface area contributed by atoms with Gasteiger partial charge in [-0.1, -0.05) is 97.1 Å². The Morgan fingerprint density at radius 1 is 0.447 bits per heavy atom. The maximum Gasteiger partial charge on any atom is 0.149 e. The molecule has 10 rings (SSSR count). The zero-order chi connectivity index (χ0) is 30.9. The summed E-state index contributed by atoms with van der Waals surface area (Å²) in [7, 11) is 0. The lowest BCUT2D eigenvalue weighted by atomic mass is 10.0. The van der Waals surface area contributed by atoms with Crippen molar-refractivity contribution in [2.45, 2.75) is 0 Å². The molecule has 0 spiro atoms. The van der Waals surface area contributed by atoms with Gasteiger partial charge in [0.15, 0.2) is 0 Å². The van der Waals surface area contributed by atoms with Crippen molar-refractivity contribution in [2.75, 3.05) is 4.90 Å². The zero-order valence-corrected chi connectivity index (χ0v) is 25.3. The number of aromatic nitrogens is 4. The second-order valence-corrected chi connectivity index (χ2v) is 11.9. The van der Waals surface area contributed by atoms with E-state index in [2.05, 4.69) is 171 Å². The molecule has 0 atom stereocenters. The van der Waals surface area contributed by atoms with E-state index in [-0.39, 0.29) is 0 Å². The van der Waals surface area contributed by atoms with Crippen molar-refractivity contribution in [2.24, 2.45) is 0 Å². The summed E-state index contributed by atoms with van der Waals surface area (Å²) in [5, 5.41) is 3.66. The lowest BCUT2D eigenvalue weighted by Crippen LogP contribution is -2.12. The van der Waals surface area contributed by atoms with Crippen LogP contribution in [0.1, 0.15) is 0 Å². The van der Waals surface area contributed by atoms with Gasteiger partial charge in [-0.25, -0.2) is 9.97 Å². The first-order valence-corrected chi connectivity index (χ1v) is 15.8. The van der Waals surface area contributed by atoms with E-state index < -0.39 is 0 Å². The summed E-state index contributed by atoms with van der Waals surface area (Å²) in [5.74, 6) is 0.860. The Labute approximate surface area is 271 Å². The Morgan fingerprint density at radius 2 is 1.02 bits per heavy atom. The van der Waals surface area contributed by atoms with Crippen molar-refractivity contribution in [3.8, 4) is 33.8 Å². The summed E-state index contributed by atoms with van der Waals surface area (Å²) in [6, 6.07) is 54.1. The molecule has 9 aromatic rings. The van der Waals surface area contributed by atoms with Crippen LogP contribution in [0.4, 0.5) is 17.2 Å². The van der Waals surface area contributed by atoms with Crippen molar-refractivity contribution in [1.82, 2.24) is 19.1 Å². The van der Waals surface area contributed by atoms with Crippen LogP contribution >= 0.6 is 0 Å². The van der Waals surface area contributed by atoms with Gasteiger partial charge in [0.25, 0.3) is 0 Å². The Bertz CT molecular complexity index is 2590. The summed E-state index contributed by atoms with van der Waals surface area (Å²) in [6.45, 7) is 0. The van der Waals surface area contributed by atoms with Gasteiger partial charge in [0.2, 0.25) is 0 Å². The fourth-order valence-electron chi connectivity index (χ4n) is 7.51. The van der Waals surface area contributed by atoms with Gasteiger partial charge in [-0.3, -0.25) is 4.90 Å². The van der Waals surface area contributed by atoms with E-state index in [0.29, 0.717) is 0 Å². The molecule has 0 saturated carbocycles. The van der Waals surface area contributed by atoms with Crippen LogP contribution in [0.15, 0.2) is 164 Å². The second-order valence-electron chi connectivity index (χ2n) is 11.9. The highest BCUT2D eigenvalue weighted by molar-refractivity contribution is 6.12. The molecule has 0 unspecified atom stereocenters. The van der Waals surface area contributed by atoms with Gasteiger partial charge in [-0.15, -0.1) is 0 Å². The van der Waals surface area contributed by atoms with Gasteiger partial charge in [0.1, 0.15) is 12.1 Å². The van der Waals surface area contributed by atoms with Crippen LogP contribution in [0.25, 0.3) is 66.5 Å². The van der Waals surface area contributed by atoms with Crippen LogP contribution in [-0.2, 0) is 0 Å². The molecule has 4 heterocycles. The SMILES string of the molecule is c1ccc(N2c3ccccc3-c3c(c4ccccc4n3-c3cccc(-n4c5ccccc5c5ccccc54)c3)-c3cncnc32)cc1. The molecule has 0 saturated heterocycles.